The maximum Gasteiger partial charge on any atom is 0.169 e. The quantitative estimate of drug-likeness (QED) is 0.537. The summed E-state index contributed by atoms with van der Waals surface area (Å²) in [6.45, 7) is 0. The van der Waals surface area contributed by atoms with Gasteiger partial charge in [-0.05, 0) is 0 Å². The molecule has 0 aromatic rings. The van der Waals surface area contributed by atoms with Crippen LogP contribution in [0.2, 0.25) is 0 Å². The molecule has 0 rings (SSSR count). The van der Waals surface area contributed by atoms with Crippen LogP contribution >= 0.6 is 38.5 Å². The molecule has 0 bridgehead atoms. The van der Waals surface area contributed by atoms with Gasteiger partial charge in [-0.3, -0.25) is 0 Å². The third-order valence-electron chi connectivity index (χ3n) is 0.324. The van der Waals surface area contributed by atoms with Gasteiger partial charge in [0.05, 0.1) is 0 Å². The largest absolute Gasteiger partial charge is 0.227 e. The van der Waals surface area contributed by atoms with Gasteiger partial charge >= 0.3 is 0 Å². The minimum absolute atomic E-state index is 0.447. The van der Waals surface area contributed by atoms with Crippen molar-refractivity contribution in [3.05, 3.63) is 0 Å². The summed E-state index contributed by atoms with van der Waals surface area (Å²) in [7, 11) is -2.84. The summed E-state index contributed by atoms with van der Waals surface area (Å²) in [5.74, 6) is 0. The van der Waals surface area contributed by atoms with Crippen LogP contribution in [0.15, 0.2) is 0 Å². The highest BCUT2D eigenvalue weighted by Gasteiger charge is 2.10. The number of alkyl halides is 2. The molecule has 0 aromatic carbocycles. The monoisotopic (exact) mass is 298 g/mol. The standard InChI is InChI=1S/C2H4BrIO2S/c1-7(5,6)2(3)4/h2H,1H3/t2-/m1/s1. The van der Waals surface area contributed by atoms with Gasteiger partial charge in [-0.15, -0.1) is 0 Å². The molecule has 1 atom stereocenters. The van der Waals surface area contributed by atoms with Crippen molar-refractivity contribution in [2.24, 2.45) is 0 Å². The van der Waals surface area contributed by atoms with Crippen LogP contribution in [0.3, 0.4) is 0 Å². The molecule has 0 aliphatic heterocycles. The fourth-order valence-electron chi connectivity index (χ4n) is 0. The first kappa shape index (κ1) is 8.16. The summed E-state index contributed by atoms with van der Waals surface area (Å²) in [6.07, 6.45) is 1.18. The zero-order valence-corrected chi connectivity index (χ0v) is 8.12. The highest BCUT2D eigenvalue weighted by molar-refractivity contribution is 14.1. The highest BCUT2D eigenvalue weighted by Crippen LogP contribution is 2.14. The Morgan fingerprint density at radius 1 is 1.71 bits per heavy atom. The first-order valence-corrected chi connectivity index (χ1v) is 5.53. The fourth-order valence-corrected chi connectivity index (χ4v) is 0. The first-order chi connectivity index (χ1) is 2.94. The lowest BCUT2D eigenvalue weighted by molar-refractivity contribution is 0.606. The smallest absolute Gasteiger partial charge is 0.169 e. The van der Waals surface area contributed by atoms with Crippen molar-refractivity contribution in [2.45, 2.75) is 2.17 Å². The van der Waals surface area contributed by atoms with Crippen molar-refractivity contribution in [3.8, 4) is 0 Å². The van der Waals surface area contributed by atoms with Crippen molar-refractivity contribution in [1.82, 2.24) is 0 Å². The number of halogens is 2. The highest BCUT2D eigenvalue weighted by atomic mass is 127. The van der Waals surface area contributed by atoms with Crippen molar-refractivity contribution in [1.29, 1.82) is 0 Å². The molecule has 0 unspecified atom stereocenters. The fraction of sp³-hybridized carbons (Fsp3) is 1.00. The van der Waals surface area contributed by atoms with Crippen LogP contribution in [0.1, 0.15) is 0 Å². The molecule has 44 valence electrons. The van der Waals surface area contributed by atoms with Gasteiger partial charge in [-0.25, -0.2) is 8.42 Å². The third-order valence-corrected chi connectivity index (χ3v) is 5.78. The average Bonchev–Trinajstić information content (AvgIpc) is 1.31. The van der Waals surface area contributed by atoms with Crippen LogP contribution < -0.4 is 0 Å². The number of hydrogen-bond donors (Lipinski definition) is 0. The summed E-state index contributed by atoms with van der Waals surface area (Å²) in [5, 5.41) is 0. The third kappa shape index (κ3) is 3.72. The minimum Gasteiger partial charge on any atom is -0.227 e. The van der Waals surface area contributed by atoms with Crippen LogP contribution in [0, 0.1) is 0 Å². The van der Waals surface area contributed by atoms with Crippen molar-refractivity contribution in [2.75, 3.05) is 6.26 Å². The molecule has 0 spiro atoms. The van der Waals surface area contributed by atoms with Gasteiger partial charge in [0, 0.05) is 6.26 Å². The van der Waals surface area contributed by atoms with Crippen molar-refractivity contribution < 1.29 is 8.42 Å². The van der Waals surface area contributed by atoms with E-state index in [1.165, 1.54) is 6.26 Å². The lowest BCUT2D eigenvalue weighted by atomic mass is 11.9. The predicted octanol–water partition coefficient (Wildman–Crippen LogP) is 1.14. The first-order valence-electron chi connectivity index (χ1n) is 1.41. The van der Waals surface area contributed by atoms with Crippen LogP contribution in [-0.4, -0.2) is 16.8 Å². The van der Waals surface area contributed by atoms with E-state index in [-0.39, 0.29) is 0 Å². The Bertz CT molecular complexity index is 138. The van der Waals surface area contributed by atoms with Gasteiger partial charge in [0.1, 0.15) is 0 Å². The summed E-state index contributed by atoms with van der Waals surface area (Å²) >= 11 is 4.67. The van der Waals surface area contributed by atoms with E-state index in [9.17, 15) is 8.42 Å². The Hall–Kier alpha value is 1.16. The van der Waals surface area contributed by atoms with Crippen LogP contribution in [0.5, 0.6) is 0 Å². The number of sulfone groups is 1. The van der Waals surface area contributed by atoms with E-state index in [1.807, 2.05) is 0 Å². The van der Waals surface area contributed by atoms with E-state index in [2.05, 4.69) is 15.9 Å². The Kier molecular flexibility index (Phi) is 3.07. The Morgan fingerprint density at radius 3 is 1.86 bits per heavy atom. The molecule has 0 heterocycles. The average molecular weight is 299 g/mol. The normalized spacial score (nSPS) is 16.4. The van der Waals surface area contributed by atoms with Gasteiger partial charge in [0.2, 0.25) is 0 Å². The van der Waals surface area contributed by atoms with Gasteiger partial charge in [0.15, 0.2) is 12.0 Å². The molecule has 2 nitrogen and oxygen atoms in total. The van der Waals surface area contributed by atoms with Crippen LogP contribution in [0.4, 0.5) is 0 Å². The summed E-state index contributed by atoms with van der Waals surface area (Å²) in [4.78, 5) is 0. The maximum absolute atomic E-state index is 10.3. The molecule has 0 aliphatic rings. The van der Waals surface area contributed by atoms with Gasteiger partial charge in [-0.2, -0.15) is 0 Å². The molecular weight excluding hydrogens is 295 g/mol. The second kappa shape index (κ2) is 2.63. The predicted molar refractivity (Wildman–Crippen MR) is 41.6 cm³/mol. The van der Waals surface area contributed by atoms with Gasteiger partial charge < -0.3 is 0 Å². The van der Waals surface area contributed by atoms with E-state index >= 15 is 0 Å². The van der Waals surface area contributed by atoms with E-state index in [1.54, 1.807) is 22.6 Å². The Labute approximate surface area is 64.9 Å². The second-order valence-electron chi connectivity index (χ2n) is 1.09. The summed E-state index contributed by atoms with van der Waals surface area (Å²) < 4.78 is 20.1. The van der Waals surface area contributed by atoms with Gasteiger partial charge in [0.25, 0.3) is 0 Å². The minimum atomic E-state index is -2.84. The van der Waals surface area contributed by atoms with E-state index in [0.29, 0.717) is 0 Å². The maximum atomic E-state index is 10.3. The topological polar surface area (TPSA) is 34.1 Å². The molecule has 0 radical (unpaired) electrons. The molecule has 7 heavy (non-hydrogen) atoms. The zero-order valence-electron chi connectivity index (χ0n) is 3.56. The van der Waals surface area contributed by atoms with E-state index < -0.39 is 12.0 Å². The molecule has 0 saturated heterocycles. The molecule has 5 heteroatoms. The Balaban J connectivity index is 4.10. The van der Waals surface area contributed by atoms with Crippen LogP contribution in [-0.2, 0) is 9.84 Å². The lowest BCUT2D eigenvalue weighted by Crippen LogP contribution is -2.03. The van der Waals surface area contributed by atoms with Crippen molar-refractivity contribution >= 4 is 48.4 Å². The molecule has 0 fully saturated rings. The van der Waals surface area contributed by atoms with Crippen LogP contribution in [0.25, 0.3) is 0 Å². The molecule has 0 aromatic heterocycles. The van der Waals surface area contributed by atoms with E-state index in [0.717, 1.165) is 0 Å². The van der Waals surface area contributed by atoms with E-state index in [4.69, 9.17) is 0 Å². The lowest BCUT2D eigenvalue weighted by Gasteiger charge is -1.92. The zero-order chi connectivity index (χ0) is 6.08. The van der Waals surface area contributed by atoms with Gasteiger partial charge in [-0.1, -0.05) is 38.5 Å². The summed E-state index contributed by atoms with van der Waals surface area (Å²) in [5.41, 5.74) is 0. The number of hydrogen-bond acceptors (Lipinski definition) is 2. The Morgan fingerprint density at radius 2 is 1.86 bits per heavy atom. The molecule has 0 aliphatic carbocycles. The molecule has 0 saturated carbocycles. The summed E-state index contributed by atoms with van der Waals surface area (Å²) in [6, 6.07) is 0. The number of rotatable bonds is 1. The second-order valence-corrected chi connectivity index (χ2v) is 8.55. The van der Waals surface area contributed by atoms with Crippen molar-refractivity contribution in [3.63, 3.8) is 0 Å². The molecule has 0 N–H and O–H groups in total. The SMILES string of the molecule is CS(=O)(=O)[C@H](Br)I. The molecule has 0 amide bonds. The molecular formula is C2H4BrIO2S.